The summed E-state index contributed by atoms with van der Waals surface area (Å²) >= 11 is 0. The molecule has 1 N–H and O–H groups in total. The van der Waals surface area contributed by atoms with Crippen molar-refractivity contribution < 1.29 is 4.79 Å². The lowest BCUT2D eigenvalue weighted by atomic mass is 10.2. The molecule has 6 heteroatoms. The third kappa shape index (κ3) is 1.94. The molecule has 13 heavy (non-hydrogen) atoms. The zero-order valence-electron chi connectivity index (χ0n) is 6.81. The maximum Gasteiger partial charge on any atom is 0.254 e. The van der Waals surface area contributed by atoms with E-state index in [4.69, 9.17) is 5.53 Å². The molecule has 1 heterocycles. The molecule has 0 saturated carbocycles. The number of aryl methyl sites for hydroxylation is 1. The second kappa shape index (κ2) is 3.55. The average molecular weight is 178 g/mol. The van der Waals surface area contributed by atoms with Crippen molar-refractivity contribution in [1.82, 2.24) is 4.98 Å². The number of hydrogen-bond donors (Lipinski definition) is 1. The minimum absolute atomic E-state index is 0.150. The third-order valence-corrected chi connectivity index (χ3v) is 1.42. The largest absolute Gasteiger partial charge is 0.364 e. The van der Waals surface area contributed by atoms with Crippen molar-refractivity contribution in [3.63, 3.8) is 0 Å². The minimum Gasteiger partial charge on any atom is -0.364 e. The van der Waals surface area contributed by atoms with Crippen molar-refractivity contribution in [3.8, 4) is 0 Å². The molecule has 0 fully saturated rings. The number of nitrogens with zero attached hydrogens (tertiary/aromatic N) is 3. The highest BCUT2D eigenvalue weighted by atomic mass is 16.2. The first kappa shape index (κ1) is 9.02. The number of aromatic amines is 1. The molecule has 1 rings (SSSR count). The predicted octanol–water partition coefficient (Wildman–Crippen LogP) is 1.13. The van der Waals surface area contributed by atoms with Gasteiger partial charge in [0.1, 0.15) is 0 Å². The summed E-state index contributed by atoms with van der Waals surface area (Å²) in [4.78, 5) is 27.0. The highest BCUT2D eigenvalue weighted by Gasteiger charge is 2.06. The minimum atomic E-state index is -0.872. The summed E-state index contributed by atoms with van der Waals surface area (Å²) in [6, 6.07) is 1.26. The van der Waals surface area contributed by atoms with Crippen LogP contribution in [0.15, 0.2) is 22.2 Å². The lowest BCUT2D eigenvalue weighted by Crippen LogP contribution is -2.13. The molecular formula is C7H6N4O2. The number of H-pyrrole nitrogens is 1. The van der Waals surface area contributed by atoms with Crippen LogP contribution in [-0.2, 0) is 0 Å². The van der Waals surface area contributed by atoms with Crippen LogP contribution in [0.2, 0.25) is 0 Å². The summed E-state index contributed by atoms with van der Waals surface area (Å²) in [7, 11) is 0. The summed E-state index contributed by atoms with van der Waals surface area (Å²) in [6.45, 7) is 1.68. The van der Waals surface area contributed by atoms with E-state index in [2.05, 4.69) is 15.0 Å². The number of azide groups is 1. The van der Waals surface area contributed by atoms with Crippen molar-refractivity contribution in [3.05, 3.63) is 44.2 Å². The van der Waals surface area contributed by atoms with Crippen molar-refractivity contribution in [2.24, 2.45) is 5.11 Å². The van der Waals surface area contributed by atoms with Crippen LogP contribution in [0.25, 0.3) is 10.4 Å². The van der Waals surface area contributed by atoms with Gasteiger partial charge in [-0.2, -0.15) is 0 Å². The topological polar surface area (TPSA) is 98.7 Å². The summed E-state index contributed by atoms with van der Waals surface area (Å²) in [5, 5.41) is 2.81. The molecule has 0 spiro atoms. The van der Waals surface area contributed by atoms with Gasteiger partial charge in [0.05, 0.1) is 5.56 Å². The van der Waals surface area contributed by atoms with Crippen molar-refractivity contribution in [1.29, 1.82) is 0 Å². The second-order valence-electron chi connectivity index (χ2n) is 2.39. The molecule has 66 valence electrons. The molecule has 0 bridgehead atoms. The van der Waals surface area contributed by atoms with Crippen LogP contribution in [-0.4, -0.2) is 10.9 Å². The number of pyridine rings is 1. The lowest BCUT2D eigenvalue weighted by molar-refractivity contribution is 0.0999. The van der Waals surface area contributed by atoms with Crippen molar-refractivity contribution in [2.75, 3.05) is 0 Å². The van der Waals surface area contributed by atoms with E-state index in [1.807, 2.05) is 0 Å². The molecule has 0 aliphatic heterocycles. The van der Waals surface area contributed by atoms with Gasteiger partial charge in [0.25, 0.3) is 5.91 Å². The van der Waals surface area contributed by atoms with Gasteiger partial charge in [-0.3, -0.25) is 9.59 Å². The second-order valence-corrected chi connectivity index (χ2v) is 2.39. The van der Waals surface area contributed by atoms with E-state index in [-0.39, 0.29) is 5.56 Å². The first-order chi connectivity index (χ1) is 6.15. The standard InChI is InChI=1S/C7H6N4O2/c1-4-2-6(12)5(3-9-4)7(13)10-11-8/h2-3H,1H3,(H,9,12). The van der Waals surface area contributed by atoms with E-state index in [9.17, 15) is 9.59 Å². The van der Waals surface area contributed by atoms with E-state index in [0.717, 1.165) is 0 Å². The van der Waals surface area contributed by atoms with Crippen LogP contribution in [0, 0.1) is 6.92 Å². The van der Waals surface area contributed by atoms with Crippen molar-refractivity contribution >= 4 is 5.91 Å². The quantitative estimate of drug-likeness (QED) is 0.396. The number of nitrogens with one attached hydrogen (secondary N) is 1. The molecule has 0 atom stereocenters. The molecule has 0 aromatic carbocycles. The summed E-state index contributed by atoms with van der Waals surface area (Å²) < 4.78 is 0. The zero-order chi connectivity index (χ0) is 9.84. The van der Waals surface area contributed by atoms with Crippen molar-refractivity contribution in [2.45, 2.75) is 6.92 Å². The Kier molecular flexibility index (Phi) is 2.47. The van der Waals surface area contributed by atoms with Crippen LogP contribution in [0.5, 0.6) is 0 Å². The number of aromatic nitrogens is 1. The Morgan fingerprint density at radius 3 is 2.92 bits per heavy atom. The highest BCUT2D eigenvalue weighted by Crippen LogP contribution is 1.94. The summed E-state index contributed by atoms with van der Waals surface area (Å²) in [6.07, 6.45) is 1.23. The molecular weight excluding hydrogens is 172 g/mol. The number of rotatable bonds is 1. The first-order valence-corrected chi connectivity index (χ1v) is 3.44. The predicted molar refractivity (Wildman–Crippen MR) is 45.3 cm³/mol. The summed E-state index contributed by atoms with van der Waals surface area (Å²) in [5.74, 6) is -0.872. The van der Waals surface area contributed by atoms with Gasteiger partial charge in [-0.1, -0.05) is 0 Å². The van der Waals surface area contributed by atoms with Gasteiger partial charge in [0.2, 0.25) is 0 Å². The van der Waals surface area contributed by atoms with Gasteiger partial charge < -0.3 is 4.98 Å². The maximum absolute atomic E-state index is 11.1. The van der Waals surface area contributed by atoms with E-state index in [1.165, 1.54) is 12.3 Å². The molecule has 6 nitrogen and oxygen atoms in total. The molecule has 1 aromatic rings. The smallest absolute Gasteiger partial charge is 0.254 e. The van der Waals surface area contributed by atoms with Gasteiger partial charge in [-0.15, -0.1) is 0 Å². The van der Waals surface area contributed by atoms with E-state index in [0.29, 0.717) is 5.69 Å². The SMILES string of the molecule is Cc1cc(=O)c(C(=O)N=[N+]=[N-])c[nH]1. The Morgan fingerprint density at radius 2 is 2.38 bits per heavy atom. The van der Waals surface area contributed by atoms with Gasteiger partial charge in [-0.05, 0) is 17.6 Å². The van der Waals surface area contributed by atoms with Crippen LogP contribution in [0.1, 0.15) is 16.1 Å². The van der Waals surface area contributed by atoms with E-state index < -0.39 is 11.3 Å². The fraction of sp³-hybridized carbons (Fsp3) is 0.143. The number of carbonyl (C=O) groups excluding carboxylic acids is 1. The molecule has 1 aromatic heterocycles. The van der Waals surface area contributed by atoms with E-state index >= 15 is 0 Å². The third-order valence-electron chi connectivity index (χ3n) is 1.42. The molecule has 0 unspecified atom stereocenters. The monoisotopic (exact) mass is 178 g/mol. The van der Waals surface area contributed by atoms with Gasteiger partial charge >= 0.3 is 0 Å². The molecule has 0 radical (unpaired) electrons. The molecule has 0 aliphatic carbocycles. The fourth-order valence-electron chi connectivity index (χ4n) is 0.835. The Morgan fingerprint density at radius 1 is 1.69 bits per heavy atom. The fourth-order valence-corrected chi connectivity index (χ4v) is 0.835. The highest BCUT2D eigenvalue weighted by molar-refractivity contribution is 5.94. The zero-order valence-corrected chi connectivity index (χ0v) is 6.81. The Labute approximate surface area is 72.8 Å². The maximum atomic E-state index is 11.1. The number of hydrogen-bond acceptors (Lipinski definition) is 2. The van der Waals surface area contributed by atoms with Crippen LogP contribution in [0.4, 0.5) is 0 Å². The Hall–Kier alpha value is -2.07. The first-order valence-electron chi connectivity index (χ1n) is 3.44. The van der Waals surface area contributed by atoms with E-state index in [1.54, 1.807) is 6.92 Å². The summed E-state index contributed by atoms with van der Waals surface area (Å²) in [5.41, 5.74) is 8.01. The number of amides is 1. The van der Waals surface area contributed by atoms with Gasteiger partial charge in [0, 0.05) is 22.9 Å². The normalized spacial score (nSPS) is 9.00. The van der Waals surface area contributed by atoms with Gasteiger partial charge in [-0.25, -0.2) is 0 Å². The van der Waals surface area contributed by atoms with Crippen LogP contribution < -0.4 is 5.43 Å². The molecule has 0 aliphatic rings. The van der Waals surface area contributed by atoms with Gasteiger partial charge in [0.15, 0.2) is 5.43 Å². The Bertz CT molecular complexity index is 442. The molecule has 1 amide bonds. The molecule has 0 saturated heterocycles. The number of carbonyl (C=O) groups is 1. The van der Waals surface area contributed by atoms with Crippen LogP contribution in [0.3, 0.4) is 0 Å². The Balaban J connectivity index is 3.24. The average Bonchev–Trinajstić information content (AvgIpc) is 2.04. The van der Waals surface area contributed by atoms with Crippen LogP contribution >= 0.6 is 0 Å². The lowest BCUT2D eigenvalue weighted by Gasteiger charge is -1.94.